The second kappa shape index (κ2) is 6.89. The first kappa shape index (κ1) is 16.0. The van der Waals surface area contributed by atoms with Gasteiger partial charge in [-0.3, -0.25) is 4.79 Å². The molecule has 0 heterocycles. The summed E-state index contributed by atoms with van der Waals surface area (Å²) >= 11 is 0. The first-order valence-corrected chi connectivity index (χ1v) is 6.85. The fourth-order valence-electron chi connectivity index (χ4n) is 2.39. The van der Waals surface area contributed by atoms with Crippen molar-refractivity contribution in [2.75, 3.05) is 14.2 Å². The Labute approximate surface area is 115 Å². The molecule has 1 aliphatic carbocycles. The number of rotatable bonds is 7. The van der Waals surface area contributed by atoms with Gasteiger partial charge in [-0.2, -0.15) is 0 Å². The highest BCUT2D eigenvalue weighted by Crippen LogP contribution is 2.37. The molecule has 0 bridgehead atoms. The Bertz CT molecular complexity index is 318. The fourth-order valence-corrected chi connectivity index (χ4v) is 2.39. The standard InChI is InChI=1S/C14H25NO4/c1-10(2)8-11(13(17)18-3)15-12(16)9-14(19-4)6-5-7-14/h10-11H,5-9H2,1-4H3,(H,15,16). The molecule has 0 aromatic carbocycles. The smallest absolute Gasteiger partial charge is 0.328 e. The first-order chi connectivity index (χ1) is 8.92. The van der Waals surface area contributed by atoms with Crippen molar-refractivity contribution in [3.63, 3.8) is 0 Å². The molecule has 0 radical (unpaired) electrons. The van der Waals surface area contributed by atoms with Crippen molar-refractivity contribution >= 4 is 11.9 Å². The molecule has 1 aliphatic rings. The molecule has 0 aromatic rings. The molecule has 1 saturated carbocycles. The van der Waals surface area contributed by atoms with Crippen molar-refractivity contribution < 1.29 is 19.1 Å². The molecule has 5 heteroatoms. The van der Waals surface area contributed by atoms with E-state index in [1.54, 1.807) is 7.11 Å². The van der Waals surface area contributed by atoms with Gasteiger partial charge in [-0.05, 0) is 31.6 Å². The van der Waals surface area contributed by atoms with E-state index < -0.39 is 6.04 Å². The molecule has 1 N–H and O–H groups in total. The lowest BCUT2D eigenvalue weighted by Gasteiger charge is -2.40. The van der Waals surface area contributed by atoms with Gasteiger partial charge in [0.05, 0.1) is 19.1 Å². The monoisotopic (exact) mass is 271 g/mol. The molecular weight excluding hydrogens is 246 g/mol. The molecular formula is C14H25NO4. The average Bonchev–Trinajstić information content (AvgIpc) is 2.31. The van der Waals surface area contributed by atoms with Crippen LogP contribution in [0.5, 0.6) is 0 Å². The third kappa shape index (κ3) is 4.49. The van der Waals surface area contributed by atoms with Gasteiger partial charge in [0.1, 0.15) is 6.04 Å². The predicted molar refractivity (Wildman–Crippen MR) is 71.6 cm³/mol. The minimum atomic E-state index is -0.563. The lowest BCUT2D eigenvalue weighted by Crippen LogP contribution is -2.48. The number of carbonyl (C=O) groups excluding carboxylic acids is 2. The maximum Gasteiger partial charge on any atom is 0.328 e. The molecule has 0 aliphatic heterocycles. The molecule has 0 aromatic heterocycles. The van der Waals surface area contributed by atoms with Crippen LogP contribution >= 0.6 is 0 Å². The van der Waals surface area contributed by atoms with Gasteiger partial charge >= 0.3 is 5.97 Å². The zero-order valence-electron chi connectivity index (χ0n) is 12.3. The van der Waals surface area contributed by atoms with Crippen LogP contribution in [0.15, 0.2) is 0 Å². The lowest BCUT2D eigenvalue weighted by molar-refractivity contribution is -0.147. The van der Waals surface area contributed by atoms with Gasteiger partial charge in [-0.25, -0.2) is 4.79 Å². The van der Waals surface area contributed by atoms with Crippen molar-refractivity contribution in [2.45, 2.75) is 57.6 Å². The minimum Gasteiger partial charge on any atom is -0.467 e. The molecule has 1 fully saturated rings. The van der Waals surface area contributed by atoms with Crippen LogP contribution in [0.25, 0.3) is 0 Å². The quantitative estimate of drug-likeness (QED) is 0.715. The Hall–Kier alpha value is -1.10. The number of methoxy groups -OCH3 is 2. The Balaban J connectivity index is 2.53. The maximum atomic E-state index is 12.0. The average molecular weight is 271 g/mol. The maximum absolute atomic E-state index is 12.0. The van der Waals surface area contributed by atoms with Crippen LogP contribution in [-0.2, 0) is 19.1 Å². The largest absolute Gasteiger partial charge is 0.467 e. The molecule has 5 nitrogen and oxygen atoms in total. The Kier molecular flexibility index (Phi) is 5.79. The highest BCUT2D eigenvalue weighted by Gasteiger charge is 2.39. The summed E-state index contributed by atoms with van der Waals surface area (Å²) in [6.45, 7) is 4.01. The first-order valence-electron chi connectivity index (χ1n) is 6.85. The summed E-state index contributed by atoms with van der Waals surface area (Å²) in [6.07, 6.45) is 3.80. The van der Waals surface area contributed by atoms with E-state index in [1.165, 1.54) is 7.11 Å². The van der Waals surface area contributed by atoms with Gasteiger partial charge in [0.15, 0.2) is 0 Å². The summed E-state index contributed by atoms with van der Waals surface area (Å²) in [4.78, 5) is 23.7. The predicted octanol–water partition coefficient (Wildman–Crippen LogP) is 1.65. The summed E-state index contributed by atoms with van der Waals surface area (Å²) in [5.74, 6) is -0.218. The zero-order chi connectivity index (χ0) is 14.5. The van der Waals surface area contributed by atoms with E-state index in [2.05, 4.69) is 5.32 Å². The van der Waals surface area contributed by atoms with Crippen LogP contribution in [0.1, 0.15) is 46.0 Å². The van der Waals surface area contributed by atoms with Crippen molar-refractivity contribution in [1.82, 2.24) is 5.32 Å². The van der Waals surface area contributed by atoms with Crippen LogP contribution in [-0.4, -0.2) is 37.7 Å². The number of ether oxygens (including phenoxy) is 2. The Morgan fingerprint density at radius 3 is 2.26 bits per heavy atom. The van der Waals surface area contributed by atoms with Crippen molar-refractivity contribution in [3.8, 4) is 0 Å². The van der Waals surface area contributed by atoms with E-state index in [9.17, 15) is 9.59 Å². The van der Waals surface area contributed by atoms with Crippen LogP contribution in [0, 0.1) is 5.92 Å². The van der Waals surface area contributed by atoms with Gasteiger partial charge in [0.25, 0.3) is 0 Å². The van der Waals surface area contributed by atoms with Crippen LogP contribution < -0.4 is 5.32 Å². The lowest BCUT2D eigenvalue weighted by atomic mass is 9.77. The van der Waals surface area contributed by atoms with E-state index in [4.69, 9.17) is 9.47 Å². The summed E-state index contributed by atoms with van der Waals surface area (Å²) < 4.78 is 10.1. The van der Waals surface area contributed by atoms with Gasteiger partial charge in [0.2, 0.25) is 5.91 Å². The van der Waals surface area contributed by atoms with E-state index in [0.717, 1.165) is 19.3 Å². The summed E-state index contributed by atoms with van der Waals surface area (Å²) in [6, 6.07) is -0.563. The number of hydrogen-bond donors (Lipinski definition) is 1. The number of esters is 1. The van der Waals surface area contributed by atoms with E-state index >= 15 is 0 Å². The van der Waals surface area contributed by atoms with Crippen molar-refractivity contribution in [2.24, 2.45) is 5.92 Å². The molecule has 1 rings (SSSR count). The van der Waals surface area contributed by atoms with Gasteiger partial charge < -0.3 is 14.8 Å². The number of amides is 1. The number of nitrogens with one attached hydrogen (secondary N) is 1. The molecule has 1 amide bonds. The van der Waals surface area contributed by atoms with Gasteiger partial charge in [-0.1, -0.05) is 13.8 Å². The minimum absolute atomic E-state index is 0.141. The molecule has 1 unspecified atom stereocenters. The molecule has 19 heavy (non-hydrogen) atoms. The van der Waals surface area contributed by atoms with Crippen molar-refractivity contribution in [3.05, 3.63) is 0 Å². The molecule has 0 saturated heterocycles. The zero-order valence-corrected chi connectivity index (χ0v) is 12.3. The van der Waals surface area contributed by atoms with E-state index in [1.807, 2.05) is 13.8 Å². The fraction of sp³-hybridized carbons (Fsp3) is 0.857. The SMILES string of the molecule is COC(=O)C(CC(C)C)NC(=O)CC1(OC)CCC1. The Morgan fingerprint density at radius 1 is 1.26 bits per heavy atom. The normalized spacial score (nSPS) is 18.6. The highest BCUT2D eigenvalue weighted by atomic mass is 16.5. The summed E-state index contributed by atoms with van der Waals surface area (Å²) in [7, 11) is 2.97. The number of carbonyl (C=O) groups is 2. The Morgan fingerprint density at radius 2 is 1.89 bits per heavy atom. The third-order valence-electron chi connectivity index (χ3n) is 3.71. The van der Waals surface area contributed by atoms with Crippen LogP contribution in [0.4, 0.5) is 0 Å². The van der Waals surface area contributed by atoms with Gasteiger partial charge in [-0.15, -0.1) is 0 Å². The van der Waals surface area contributed by atoms with Gasteiger partial charge in [0, 0.05) is 7.11 Å². The molecule has 110 valence electrons. The van der Waals surface area contributed by atoms with Crippen molar-refractivity contribution in [1.29, 1.82) is 0 Å². The van der Waals surface area contributed by atoms with E-state index in [0.29, 0.717) is 18.8 Å². The third-order valence-corrected chi connectivity index (χ3v) is 3.71. The second-order valence-corrected chi connectivity index (χ2v) is 5.69. The topological polar surface area (TPSA) is 64.6 Å². The second-order valence-electron chi connectivity index (χ2n) is 5.69. The molecule has 0 spiro atoms. The van der Waals surface area contributed by atoms with E-state index in [-0.39, 0.29) is 17.5 Å². The highest BCUT2D eigenvalue weighted by molar-refractivity contribution is 5.85. The van der Waals surface area contributed by atoms with Crippen LogP contribution in [0.3, 0.4) is 0 Å². The van der Waals surface area contributed by atoms with Crippen LogP contribution in [0.2, 0.25) is 0 Å². The summed E-state index contributed by atoms with van der Waals surface area (Å²) in [5.41, 5.74) is -0.317. The molecule has 1 atom stereocenters. The summed E-state index contributed by atoms with van der Waals surface area (Å²) in [5, 5.41) is 2.76. The number of hydrogen-bond acceptors (Lipinski definition) is 4.